The average Bonchev–Trinajstić information content (AvgIpc) is 2.15. The lowest BCUT2D eigenvalue weighted by Gasteiger charge is -2.11. The Morgan fingerprint density at radius 3 is 2.20 bits per heavy atom. The maximum Gasteiger partial charge on any atom is 0.337 e. The molecule has 0 aliphatic rings. The van der Waals surface area contributed by atoms with E-state index in [0.29, 0.717) is 0 Å². The van der Waals surface area contributed by atoms with Crippen molar-refractivity contribution >= 4 is 5.97 Å². The number of hydrogen-bond donors (Lipinski definition) is 3. The number of rotatable bonds is 3. The van der Waals surface area contributed by atoms with Crippen LogP contribution in [0.25, 0.3) is 0 Å². The van der Waals surface area contributed by atoms with Gasteiger partial charge >= 0.3 is 5.97 Å². The number of carbonyl (C=O) groups is 1. The summed E-state index contributed by atoms with van der Waals surface area (Å²) in [7, 11) is 0. The van der Waals surface area contributed by atoms with Crippen LogP contribution in [-0.2, 0) is 4.79 Å². The SMILES string of the molecule is CC(C)c1cc(O)cc(C(O)C(=O)O)c1. The Kier molecular flexibility index (Phi) is 3.31. The number of carboxylic acids is 1. The fourth-order valence-corrected chi connectivity index (χ4v) is 1.29. The zero-order valence-corrected chi connectivity index (χ0v) is 8.64. The Balaban J connectivity index is 3.14. The van der Waals surface area contributed by atoms with Crippen LogP contribution in [0, 0.1) is 0 Å². The Morgan fingerprint density at radius 2 is 1.73 bits per heavy atom. The molecule has 0 radical (unpaired) electrons. The molecule has 0 saturated heterocycles. The summed E-state index contributed by atoms with van der Waals surface area (Å²) in [6.07, 6.45) is -1.59. The van der Waals surface area contributed by atoms with Crippen LogP contribution in [0.5, 0.6) is 5.75 Å². The molecule has 0 saturated carbocycles. The monoisotopic (exact) mass is 210 g/mol. The van der Waals surface area contributed by atoms with Gasteiger partial charge in [-0.3, -0.25) is 0 Å². The number of benzene rings is 1. The summed E-state index contributed by atoms with van der Waals surface area (Å²) in [4.78, 5) is 10.6. The molecule has 0 fully saturated rings. The first-order valence-corrected chi connectivity index (χ1v) is 4.66. The Bertz CT molecular complexity index is 371. The predicted octanol–water partition coefficient (Wildman–Crippen LogP) is 1.63. The quantitative estimate of drug-likeness (QED) is 0.708. The number of aliphatic hydroxyl groups is 1. The first-order chi connectivity index (χ1) is 6.91. The van der Waals surface area contributed by atoms with Crippen molar-refractivity contribution in [2.45, 2.75) is 25.9 Å². The molecular weight excluding hydrogens is 196 g/mol. The van der Waals surface area contributed by atoms with Crippen LogP contribution >= 0.6 is 0 Å². The van der Waals surface area contributed by atoms with E-state index in [4.69, 9.17) is 5.11 Å². The molecule has 1 unspecified atom stereocenters. The van der Waals surface area contributed by atoms with Crippen LogP contribution in [0.2, 0.25) is 0 Å². The Labute approximate surface area is 87.8 Å². The molecule has 0 aromatic heterocycles. The second-order valence-corrected chi connectivity index (χ2v) is 3.75. The van der Waals surface area contributed by atoms with Gasteiger partial charge in [-0.25, -0.2) is 4.79 Å². The summed E-state index contributed by atoms with van der Waals surface area (Å²) >= 11 is 0. The molecule has 0 bridgehead atoms. The molecule has 0 aliphatic heterocycles. The average molecular weight is 210 g/mol. The zero-order valence-electron chi connectivity index (χ0n) is 8.64. The van der Waals surface area contributed by atoms with Gasteiger partial charge in [-0.1, -0.05) is 19.9 Å². The highest BCUT2D eigenvalue weighted by Gasteiger charge is 2.17. The van der Waals surface area contributed by atoms with Crippen molar-refractivity contribution in [3.05, 3.63) is 29.3 Å². The van der Waals surface area contributed by atoms with E-state index in [0.717, 1.165) is 5.56 Å². The summed E-state index contributed by atoms with van der Waals surface area (Å²) in [6.45, 7) is 3.84. The summed E-state index contributed by atoms with van der Waals surface area (Å²) in [5.41, 5.74) is 0.997. The van der Waals surface area contributed by atoms with E-state index in [-0.39, 0.29) is 17.2 Å². The number of phenols is 1. The van der Waals surface area contributed by atoms with E-state index in [9.17, 15) is 15.0 Å². The van der Waals surface area contributed by atoms with Crippen molar-refractivity contribution in [3.8, 4) is 5.75 Å². The molecular formula is C11H14O4. The van der Waals surface area contributed by atoms with Gasteiger partial charge in [0.15, 0.2) is 6.10 Å². The van der Waals surface area contributed by atoms with E-state index < -0.39 is 12.1 Å². The van der Waals surface area contributed by atoms with E-state index in [1.807, 2.05) is 13.8 Å². The van der Waals surface area contributed by atoms with Gasteiger partial charge in [0.2, 0.25) is 0 Å². The van der Waals surface area contributed by atoms with E-state index in [1.54, 1.807) is 12.1 Å². The maximum atomic E-state index is 10.6. The molecule has 3 N–H and O–H groups in total. The Hall–Kier alpha value is -1.55. The van der Waals surface area contributed by atoms with Gasteiger partial charge in [0, 0.05) is 0 Å². The molecule has 15 heavy (non-hydrogen) atoms. The fraction of sp³-hybridized carbons (Fsp3) is 0.364. The van der Waals surface area contributed by atoms with Crippen molar-refractivity contribution in [1.82, 2.24) is 0 Å². The molecule has 0 heterocycles. The molecule has 1 aromatic rings. The number of aliphatic carboxylic acids is 1. The Morgan fingerprint density at radius 1 is 1.20 bits per heavy atom. The van der Waals surface area contributed by atoms with Crippen molar-refractivity contribution in [2.75, 3.05) is 0 Å². The molecule has 1 aromatic carbocycles. The molecule has 4 nitrogen and oxygen atoms in total. The number of carboxylic acid groups (broad SMARTS) is 1. The lowest BCUT2D eigenvalue weighted by atomic mass is 9.98. The standard InChI is InChI=1S/C11H14O4/c1-6(2)7-3-8(5-9(12)4-7)10(13)11(14)15/h3-6,10,12-13H,1-2H3,(H,14,15). The minimum Gasteiger partial charge on any atom is -0.508 e. The van der Waals surface area contributed by atoms with Gasteiger partial charge in [-0.05, 0) is 29.2 Å². The summed E-state index contributed by atoms with van der Waals surface area (Å²) in [5.74, 6) is -1.19. The van der Waals surface area contributed by atoms with Crippen molar-refractivity contribution in [3.63, 3.8) is 0 Å². The van der Waals surface area contributed by atoms with Crippen LogP contribution in [0.1, 0.15) is 37.0 Å². The number of aromatic hydroxyl groups is 1. The minimum absolute atomic E-state index is 0.0310. The highest BCUT2D eigenvalue weighted by molar-refractivity contribution is 5.74. The van der Waals surface area contributed by atoms with E-state index in [2.05, 4.69) is 0 Å². The summed E-state index contributed by atoms with van der Waals surface area (Å²) in [6, 6.07) is 4.40. The minimum atomic E-state index is -1.59. The van der Waals surface area contributed by atoms with Crippen LogP contribution in [0.4, 0.5) is 0 Å². The third kappa shape index (κ3) is 2.70. The number of hydrogen-bond acceptors (Lipinski definition) is 3. The molecule has 82 valence electrons. The van der Waals surface area contributed by atoms with E-state index in [1.165, 1.54) is 6.07 Å². The number of aliphatic hydroxyl groups excluding tert-OH is 1. The smallest absolute Gasteiger partial charge is 0.337 e. The fourth-order valence-electron chi connectivity index (χ4n) is 1.29. The first kappa shape index (κ1) is 11.5. The third-order valence-corrected chi connectivity index (χ3v) is 2.18. The molecule has 1 rings (SSSR count). The lowest BCUT2D eigenvalue weighted by Crippen LogP contribution is -2.10. The number of phenolic OH excluding ortho intramolecular Hbond substituents is 1. The van der Waals surface area contributed by atoms with Gasteiger partial charge in [-0.2, -0.15) is 0 Å². The van der Waals surface area contributed by atoms with Crippen molar-refractivity contribution < 1.29 is 20.1 Å². The predicted molar refractivity (Wildman–Crippen MR) is 54.8 cm³/mol. The van der Waals surface area contributed by atoms with Gasteiger partial charge in [0.25, 0.3) is 0 Å². The summed E-state index contributed by atoms with van der Waals surface area (Å²) in [5, 5.41) is 27.3. The molecule has 0 spiro atoms. The normalized spacial score (nSPS) is 12.8. The maximum absolute atomic E-state index is 10.6. The van der Waals surface area contributed by atoms with Gasteiger partial charge in [0.05, 0.1) is 0 Å². The highest BCUT2D eigenvalue weighted by atomic mass is 16.4. The molecule has 0 aliphatic carbocycles. The van der Waals surface area contributed by atoms with Crippen LogP contribution in [0.3, 0.4) is 0 Å². The van der Waals surface area contributed by atoms with Gasteiger partial charge in [-0.15, -0.1) is 0 Å². The highest BCUT2D eigenvalue weighted by Crippen LogP contribution is 2.25. The summed E-state index contributed by atoms with van der Waals surface area (Å²) < 4.78 is 0. The van der Waals surface area contributed by atoms with Gasteiger partial charge < -0.3 is 15.3 Å². The van der Waals surface area contributed by atoms with Crippen LogP contribution in [0.15, 0.2) is 18.2 Å². The zero-order chi connectivity index (χ0) is 11.6. The van der Waals surface area contributed by atoms with Crippen molar-refractivity contribution in [1.29, 1.82) is 0 Å². The largest absolute Gasteiger partial charge is 0.508 e. The lowest BCUT2D eigenvalue weighted by molar-refractivity contribution is -0.146. The molecule has 0 amide bonds. The first-order valence-electron chi connectivity index (χ1n) is 4.66. The molecule has 4 heteroatoms. The second-order valence-electron chi connectivity index (χ2n) is 3.75. The second kappa shape index (κ2) is 4.31. The van der Waals surface area contributed by atoms with Crippen molar-refractivity contribution in [2.24, 2.45) is 0 Å². The van der Waals surface area contributed by atoms with E-state index >= 15 is 0 Å². The van der Waals surface area contributed by atoms with Crippen LogP contribution in [-0.4, -0.2) is 21.3 Å². The topological polar surface area (TPSA) is 77.8 Å². The van der Waals surface area contributed by atoms with Crippen LogP contribution < -0.4 is 0 Å². The van der Waals surface area contributed by atoms with Gasteiger partial charge in [0.1, 0.15) is 5.75 Å². The molecule has 1 atom stereocenters. The third-order valence-electron chi connectivity index (χ3n) is 2.18.